The maximum atomic E-state index is 11.8. The lowest BCUT2D eigenvalue weighted by molar-refractivity contribution is -0.115. The third-order valence-corrected chi connectivity index (χ3v) is 4.65. The first-order valence-electron chi connectivity index (χ1n) is 8.14. The first-order valence-corrected chi connectivity index (χ1v) is 9.58. The first kappa shape index (κ1) is 20.8. The molecule has 0 atom stereocenters. The molecular weight excluding hydrogens is 420 g/mol. The number of phenolic OH excluding ortho intramolecular Hbond substituents is 1. The summed E-state index contributed by atoms with van der Waals surface area (Å²) in [5.41, 5.74) is -0.106. The zero-order valence-corrected chi connectivity index (χ0v) is 16.0. The highest BCUT2D eigenvalue weighted by Gasteiger charge is 2.22. The molecule has 0 bridgehead atoms. The van der Waals surface area contributed by atoms with E-state index in [1.807, 2.05) is 0 Å². The second kappa shape index (κ2) is 7.84. The lowest BCUT2D eigenvalue weighted by atomic mass is 10.1. The molecular formula is C16H14N6O7S. The average Bonchev–Trinajstić information content (AvgIpc) is 3.14. The van der Waals surface area contributed by atoms with E-state index in [2.05, 4.69) is 30.7 Å². The zero-order chi connectivity index (χ0) is 22.1. The molecule has 0 radical (unpaired) electrons. The number of nitrogens with zero attached hydrogens (tertiary/aromatic N) is 4. The van der Waals surface area contributed by atoms with Crippen LogP contribution in [0.4, 0.5) is 17.3 Å². The van der Waals surface area contributed by atoms with Gasteiger partial charge in [0.2, 0.25) is 5.82 Å². The van der Waals surface area contributed by atoms with Crippen molar-refractivity contribution in [3.8, 4) is 5.75 Å². The van der Waals surface area contributed by atoms with Gasteiger partial charge >= 0.3 is 5.97 Å². The quantitative estimate of drug-likeness (QED) is 0.270. The topological polar surface area (TPSA) is 207 Å². The van der Waals surface area contributed by atoms with Crippen LogP contribution in [-0.4, -0.2) is 56.7 Å². The minimum Gasteiger partial charge on any atom is -0.505 e. The van der Waals surface area contributed by atoms with Gasteiger partial charge in [-0.25, -0.2) is 4.79 Å². The van der Waals surface area contributed by atoms with Crippen LogP contribution in [0.3, 0.4) is 0 Å². The number of carboxylic acid groups (broad SMARTS) is 1. The average molecular weight is 434 g/mol. The normalized spacial score (nSPS) is 11.8. The molecule has 14 heteroatoms. The number of aromatic nitrogens is 3. The van der Waals surface area contributed by atoms with Gasteiger partial charge < -0.3 is 15.5 Å². The van der Waals surface area contributed by atoms with Crippen molar-refractivity contribution in [2.75, 3.05) is 11.9 Å². The van der Waals surface area contributed by atoms with Crippen molar-refractivity contribution in [2.45, 2.75) is 11.8 Å². The maximum Gasteiger partial charge on any atom is 0.373 e. The number of ketones is 1. The maximum absolute atomic E-state index is 11.8. The molecule has 13 nitrogen and oxygen atoms in total. The summed E-state index contributed by atoms with van der Waals surface area (Å²) in [6, 6.07) is 5.54. The number of aromatic carboxylic acids is 1. The van der Waals surface area contributed by atoms with Crippen molar-refractivity contribution in [2.24, 2.45) is 10.2 Å². The Morgan fingerprint density at radius 2 is 1.97 bits per heavy atom. The fourth-order valence-corrected chi connectivity index (χ4v) is 3.13. The highest BCUT2D eigenvalue weighted by atomic mass is 32.2. The van der Waals surface area contributed by atoms with E-state index in [-0.39, 0.29) is 23.1 Å². The van der Waals surface area contributed by atoms with Crippen molar-refractivity contribution in [1.29, 1.82) is 0 Å². The summed E-state index contributed by atoms with van der Waals surface area (Å²) in [5.74, 6) is -3.07. The molecule has 1 heterocycles. The molecule has 0 amide bonds. The standard InChI is InChI=1S/C16H14N6O7S/c1-7(23)6-17-9-2-3-10-8(4-9)5-11(30(27,28)29)12(13(10)24)19-21-16-18-14(15(25)26)20-22-16/h2-5,17,24H,6H2,1H3,(H,25,26)(H,18,20,22)(H,27,28,29)/b21-19+. The minimum absolute atomic E-state index is 0.0456. The Hall–Kier alpha value is -3.91. The summed E-state index contributed by atoms with van der Waals surface area (Å²) in [6.45, 7) is 1.44. The third kappa shape index (κ3) is 4.39. The minimum atomic E-state index is -4.83. The van der Waals surface area contributed by atoms with Crippen LogP contribution in [0.1, 0.15) is 17.5 Å². The molecule has 30 heavy (non-hydrogen) atoms. The van der Waals surface area contributed by atoms with Crippen molar-refractivity contribution in [3.63, 3.8) is 0 Å². The number of anilines is 1. The second-order valence-electron chi connectivity index (χ2n) is 6.03. The molecule has 0 saturated carbocycles. The number of carbonyl (C=O) groups excluding carboxylic acids is 1. The number of hydrogen-bond donors (Lipinski definition) is 5. The molecule has 1 aromatic heterocycles. The van der Waals surface area contributed by atoms with E-state index in [1.54, 1.807) is 6.07 Å². The van der Waals surface area contributed by atoms with Crippen molar-refractivity contribution in [3.05, 3.63) is 30.1 Å². The van der Waals surface area contributed by atoms with Crippen molar-refractivity contribution in [1.82, 2.24) is 15.2 Å². The van der Waals surface area contributed by atoms with Gasteiger partial charge in [-0.1, -0.05) is 0 Å². The summed E-state index contributed by atoms with van der Waals surface area (Å²) >= 11 is 0. The SMILES string of the molecule is CC(=O)CNc1ccc2c(O)c(/N=N/c3n[nH]c(C(=O)O)n3)c(S(=O)(=O)O)cc2c1. The van der Waals surface area contributed by atoms with Gasteiger partial charge in [0.1, 0.15) is 16.4 Å². The number of nitrogens with one attached hydrogen (secondary N) is 2. The Labute approximate surface area is 168 Å². The van der Waals surface area contributed by atoms with Crippen LogP contribution in [0.15, 0.2) is 39.4 Å². The van der Waals surface area contributed by atoms with Crippen molar-refractivity contribution < 1.29 is 32.8 Å². The molecule has 0 saturated heterocycles. The lowest BCUT2D eigenvalue weighted by Gasteiger charge is -2.10. The molecule has 2 aromatic carbocycles. The predicted molar refractivity (Wildman–Crippen MR) is 102 cm³/mol. The van der Waals surface area contributed by atoms with Crippen LogP contribution in [0.2, 0.25) is 0 Å². The molecule has 0 aliphatic carbocycles. The largest absolute Gasteiger partial charge is 0.505 e. The Morgan fingerprint density at radius 1 is 1.23 bits per heavy atom. The number of rotatable bonds is 7. The Balaban J connectivity index is 2.11. The fourth-order valence-electron chi connectivity index (χ4n) is 2.47. The summed E-state index contributed by atoms with van der Waals surface area (Å²) in [5, 5.41) is 35.2. The molecule has 5 N–H and O–H groups in total. The monoisotopic (exact) mass is 434 g/mol. The Bertz CT molecular complexity index is 1300. The number of fused-ring (bicyclic) bond motifs is 1. The first-order chi connectivity index (χ1) is 14.1. The highest BCUT2D eigenvalue weighted by Crippen LogP contribution is 2.41. The van der Waals surface area contributed by atoms with E-state index in [9.17, 15) is 27.7 Å². The van der Waals surface area contributed by atoms with Gasteiger partial charge in [-0.15, -0.1) is 15.3 Å². The highest BCUT2D eigenvalue weighted by molar-refractivity contribution is 7.86. The molecule has 156 valence electrons. The number of carboxylic acids is 1. The van der Waals surface area contributed by atoms with Gasteiger partial charge in [-0.2, -0.15) is 13.4 Å². The molecule has 0 spiro atoms. The van der Waals surface area contributed by atoms with Crippen LogP contribution < -0.4 is 5.32 Å². The zero-order valence-electron chi connectivity index (χ0n) is 15.2. The van der Waals surface area contributed by atoms with Crippen LogP contribution in [-0.2, 0) is 14.9 Å². The van der Waals surface area contributed by atoms with Gasteiger partial charge in [0.25, 0.3) is 16.1 Å². The molecule has 3 rings (SSSR count). The third-order valence-electron chi connectivity index (χ3n) is 3.79. The number of aromatic hydroxyl groups is 1. The van der Waals surface area contributed by atoms with E-state index >= 15 is 0 Å². The molecule has 0 unspecified atom stereocenters. The summed E-state index contributed by atoms with van der Waals surface area (Å²) in [6.07, 6.45) is 0. The van der Waals surface area contributed by atoms with Gasteiger partial charge in [0.05, 0.1) is 6.54 Å². The number of azo groups is 1. The van der Waals surface area contributed by atoms with Crippen LogP contribution in [0, 0.1) is 0 Å². The van der Waals surface area contributed by atoms with E-state index in [0.717, 1.165) is 6.07 Å². The smallest absolute Gasteiger partial charge is 0.373 e. The number of phenols is 1. The molecule has 0 aliphatic rings. The van der Waals surface area contributed by atoms with Gasteiger partial charge in [-0.3, -0.25) is 14.4 Å². The second-order valence-corrected chi connectivity index (χ2v) is 7.42. The van der Waals surface area contributed by atoms with Crippen LogP contribution in [0.25, 0.3) is 10.8 Å². The lowest BCUT2D eigenvalue weighted by Crippen LogP contribution is -2.09. The fraction of sp³-hybridized carbons (Fsp3) is 0.125. The van der Waals surface area contributed by atoms with E-state index in [4.69, 9.17) is 5.11 Å². The Kier molecular flexibility index (Phi) is 5.44. The number of aromatic amines is 1. The van der Waals surface area contributed by atoms with Gasteiger partial charge in [0.15, 0.2) is 5.75 Å². The molecule has 0 fully saturated rings. The summed E-state index contributed by atoms with van der Waals surface area (Å²) in [4.78, 5) is 24.7. The van der Waals surface area contributed by atoms with E-state index in [0.29, 0.717) is 5.69 Å². The van der Waals surface area contributed by atoms with Gasteiger partial charge in [0, 0.05) is 11.1 Å². The number of H-pyrrole nitrogens is 1. The molecule has 3 aromatic rings. The number of hydrogen-bond acceptors (Lipinski definition) is 10. The summed E-state index contributed by atoms with van der Waals surface area (Å²) < 4.78 is 33.2. The number of benzene rings is 2. The number of Topliss-reactive ketones (excluding diaryl/α,β-unsaturated/α-hetero) is 1. The van der Waals surface area contributed by atoms with E-state index < -0.39 is 44.2 Å². The van der Waals surface area contributed by atoms with E-state index in [1.165, 1.54) is 19.1 Å². The van der Waals surface area contributed by atoms with Crippen LogP contribution >= 0.6 is 0 Å². The van der Waals surface area contributed by atoms with Crippen LogP contribution in [0.5, 0.6) is 5.75 Å². The predicted octanol–water partition coefficient (Wildman–Crippen LogP) is 2.02. The van der Waals surface area contributed by atoms with Gasteiger partial charge in [-0.05, 0) is 36.6 Å². The molecule has 0 aliphatic heterocycles. The number of carbonyl (C=O) groups is 2. The summed E-state index contributed by atoms with van der Waals surface area (Å²) in [7, 11) is -4.83. The Morgan fingerprint density at radius 3 is 2.57 bits per heavy atom. The van der Waals surface area contributed by atoms with Crippen molar-refractivity contribution >= 4 is 50.0 Å².